The fourth-order valence-electron chi connectivity index (χ4n) is 6.01. The summed E-state index contributed by atoms with van der Waals surface area (Å²) in [7, 11) is 4.10. The minimum Gasteiger partial charge on any atom is -0.471 e. The monoisotopic (exact) mass is 551 g/mol. The lowest BCUT2D eigenvalue weighted by molar-refractivity contribution is -0.922. The number of quaternary nitrogens is 1. The van der Waals surface area contributed by atoms with Crippen LogP contribution in [0.2, 0.25) is 0 Å². The highest BCUT2D eigenvalue weighted by Gasteiger charge is 2.54. The van der Waals surface area contributed by atoms with Crippen molar-refractivity contribution in [3.05, 3.63) is 59.9 Å². The summed E-state index contributed by atoms with van der Waals surface area (Å²) in [4.78, 5) is 22.0. The van der Waals surface area contributed by atoms with Gasteiger partial charge in [0.2, 0.25) is 5.88 Å². The first-order valence-corrected chi connectivity index (χ1v) is 15.2. The zero-order valence-electron chi connectivity index (χ0n) is 23.7. The van der Waals surface area contributed by atoms with E-state index in [-0.39, 0.29) is 12.0 Å². The van der Waals surface area contributed by atoms with Crippen LogP contribution in [-0.2, 0) is 17.6 Å². The Kier molecular flexibility index (Phi) is 9.51. The highest BCUT2D eigenvalue weighted by Crippen LogP contribution is 2.39. The number of hydrogen-bond acceptors (Lipinski definition) is 6. The van der Waals surface area contributed by atoms with Gasteiger partial charge in [-0.1, -0.05) is 37.6 Å². The summed E-state index contributed by atoms with van der Waals surface area (Å²) in [6.07, 6.45) is 9.77. The lowest BCUT2D eigenvalue weighted by Gasteiger charge is -2.49. The number of carbonyl (C=O) groups is 1. The number of nitrogens with zero attached hydrogens (tertiary/aromatic N) is 3. The number of benzene rings is 1. The Morgan fingerprint density at radius 3 is 2.72 bits per heavy atom. The fraction of sp³-hybridized carbons (Fsp3) is 0.516. The van der Waals surface area contributed by atoms with Gasteiger partial charge >= 0.3 is 0 Å². The zero-order chi connectivity index (χ0) is 28.0. The molecular formula is C31H43N4O3S+. The quantitative estimate of drug-likeness (QED) is 0.248. The third-order valence-electron chi connectivity index (χ3n) is 8.25. The number of aromatic nitrogens is 2. The van der Waals surface area contributed by atoms with Crippen molar-refractivity contribution in [1.29, 1.82) is 0 Å². The van der Waals surface area contributed by atoms with Gasteiger partial charge in [-0.05, 0) is 73.4 Å². The molecule has 1 aromatic carbocycles. The molecule has 0 aliphatic heterocycles. The van der Waals surface area contributed by atoms with E-state index in [1.165, 1.54) is 0 Å². The van der Waals surface area contributed by atoms with Crippen LogP contribution in [0.15, 0.2) is 53.7 Å². The van der Waals surface area contributed by atoms with Crippen LogP contribution in [0.3, 0.4) is 0 Å². The number of thioether (sulfide) groups is 1. The number of amides is 1. The summed E-state index contributed by atoms with van der Waals surface area (Å²) in [5.74, 6) is 0.170. The van der Waals surface area contributed by atoms with Gasteiger partial charge in [-0.15, -0.1) is 11.8 Å². The number of aliphatic hydroxyl groups is 1. The first kappa shape index (κ1) is 29.3. The van der Waals surface area contributed by atoms with Crippen LogP contribution in [0, 0.1) is 5.92 Å². The predicted octanol–water partition coefficient (Wildman–Crippen LogP) is 4.78. The topological polar surface area (TPSA) is 98.3 Å². The van der Waals surface area contributed by atoms with Crippen molar-refractivity contribution in [2.75, 3.05) is 33.5 Å². The molecule has 0 spiro atoms. The van der Waals surface area contributed by atoms with Crippen molar-refractivity contribution in [2.24, 2.45) is 11.7 Å². The molecule has 7 nitrogen and oxygen atoms in total. The van der Waals surface area contributed by atoms with Crippen molar-refractivity contribution in [3.8, 4) is 5.88 Å². The summed E-state index contributed by atoms with van der Waals surface area (Å²) in [6, 6.07) is 14.1. The lowest BCUT2D eigenvalue weighted by Crippen LogP contribution is -2.68. The van der Waals surface area contributed by atoms with Crippen molar-refractivity contribution in [1.82, 2.24) is 9.97 Å². The molecule has 2 aromatic heterocycles. The number of fused-ring (bicyclic) bond motifs is 1. The smallest absolute Gasteiger partial charge is 0.255 e. The van der Waals surface area contributed by atoms with E-state index in [1.807, 2.05) is 36.7 Å². The van der Waals surface area contributed by atoms with Gasteiger partial charge in [0.25, 0.3) is 5.91 Å². The molecule has 0 radical (unpaired) electrons. The second kappa shape index (κ2) is 12.7. The standard InChI is InChI=1S/C31H42N4O3S/c1-5-6-10-25-19-24-9-7-8-11-26(24)29(34-25)38-17-16-35(2,3)27-14-12-22(20-31(27,37)30(32)36)18-23-13-15-28(39-4)33-21-23/h7-9,11,13,15,19,21-22,27,37H,5-6,10,12,14,16-18,20H2,1-4H3,(H-,32,36)/p+1/t22?,27-,31-/m0/s1. The molecule has 210 valence electrons. The molecule has 1 aliphatic rings. The van der Waals surface area contributed by atoms with E-state index in [9.17, 15) is 9.90 Å². The number of pyridine rings is 2. The van der Waals surface area contributed by atoms with Gasteiger partial charge in [0.05, 0.1) is 19.1 Å². The Bertz CT molecular complexity index is 1270. The summed E-state index contributed by atoms with van der Waals surface area (Å²) < 4.78 is 6.72. The molecule has 1 fully saturated rings. The molecule has 1 saturated carbocycles. The van der Waals surface area contributed by atoms with E-state index in [0.717, 1.165) is 59.2 Å². The number of primary amides is 1. The lowest BCUT2D eigenvalue weighted by atomic mass is 9.71. The minimum absolute atomic E-state index is 0.165. The van der Waals surface area contributed by atoms with E-state index in [1.54, 1.807) is 11.8 Å². The van der Waals surface area contributed by atoms with Crippen LogP contribution < -0.4 is 10.5 Å². The second-order valence-electron chi connectivity index (χ2n) is 11.5. The molecule has 8 heteroatoms. The third kappa shape index (κ3) is 6.91. The Morgan fingerprint density at radius 2 is 2.03 bits per heavy atom. The molecule has 3 aromatic rings. The molecule has 1 amide bonds. The van der Waals surface area contributed by atoms with Gasteiger partial charge in [0.15, 0.2) is 5.60 Å². The Hall–Kier alpha value is -2.68. The molecule has 4 rings (SSSR count). The van der Waals surface area contributed by atoms with E-state index >= 15 is 0 Å². The third-order valence-corrected chi connectivity index (χ3v) is 8.91. The van der Waals surface area contributed by atoms with Gasteiger partial charge in [-0.2, -0.15) is 0 Å². The van der Waals surface area contributed by atoms with E-state index in [0.29, 0.717) is 36.4 Å². The molecule has 2 heterocycles. The minimum atomic E-state index is -1.58. The van der Waals surface area contributed by atoms with Gasteiger partial charge in [-0.25, -0.2) is 9.97 Å². The number of ether oxygens (including phenoxy) is 1. The number of carbonyl (C=O) groups excluding carboxylic acids is 1. The molecule has 39 heavy (non-hydrogen) atoms. The van der Waals surface area contributed by atoms with Crippen molar-refractivity contribution in [3.63, 3.8) is 0 Å². The maximum absolute atomic E-state index is 12.7. The normalized spacial score (nSPS) is 21.7. The summed E-state index contributed by atoms with van der Waals surface area (Å²) in [5, 5.41) is 14.8. The summed E-state index contributed by atoms with van der Waals surface area (Å²) in [6.45, 7) is 3.21. The average molecular weight is 552 g/mol. The molecular weight excluding hydrogens is 508 g/mol. The Labute approximate surface area is 236 Å². The van der Waals surface area contributed by atoms with Crippen LogP contribution in [0.1, 0.15) is 50.3 Å². The Morgan fingerprint density at radius 1 is 1.23 bits per heavy atom. The SMILES string of the molecule is CCCCc1cc2ccccc2c(OCC[N+](C)(C)[C@H]2CCC(Cc3ccc(SC)nc3)C[C@@]2(O)C(N)=O)n1. The van der Waals surface area contributed by atoms with Crippen LogP contribution in [-0.4, -0.2) is 70.6 Å². The molecule has 3 atom stereocenters. The van der Waals surface area contributed by atoms with Crippen LogP contribution in [0.25, 0.3) is 10.8 Å². The van der Waals surface area contributed by atoms with E-state index in [4.69, 9.17) is 15.5 Å². The fourth-order valence-corrected chi connectivity index (χ4v) is 6.37. The molecule has 0 saturated heterocycles. The molecule has 3 N–H and O–H groups in total. The highest BCUT2D eigenvalue weighted by molar-refractivity contribution is 7.98. The van der Waals surface area contributed by atoms with Crippen LogP contribution in [0.5, 0.6) is 5.88 Å². The number of nitrogens with two attached hydrogens (primary N) is 1. The number of hydrogen-bond donors (Lipinski definition) is 2. The van der Waals surface area contributed by atoms with Gasteiger partial charge in [0.1, 0.15) is 19.2 Å². The maximum atomic E-state index is 12.7. The van der Waals surface area contributed by atoms with Gasteiger partial charge in [-0.3, -0.25) is 4.79 Å². The van der Waals surface area contributed by atoms with Crippen LogP contribution >= 0.6 is 11.8 Å². The summed E-state index contributed by atoms with van der Waals surface area (Å²) >= 11 is 1.61. The van der Waals surface area contributed by atoms with Crippen LogP contribution in [0.4, 0.5) is 0 Å². The largest absolute Gasteiger partial charge is 0.471 e. The number of aryl methyl sites for hydroxylation is 1. The maximum Gasteiger partial charge on any atom is 0.255 e. The number of rotatable bonds is 12. The molecule has 1 aliphatic carbocycles. The number of unbranched alkanes of at least 4 members (excludes halogenated alkanes) is 1. The molecule has 0 bridgehead atoms. The van der Waals surface area contributed by atoms with Gasteiger partial charge < -0.3 is 20.1 Å². The predicted molar refractivity (Wildman–Crippen MR) is 158 cm³/mol. The van der Waals surface area contributed by atoms with Crippen molar-refractivity contribution < 1.29 is 19.1 Å². The molecule has 1 unspecified atom stereocenters. The first-order chi connectivity index (χ1) is 18.7. The van der Waals surface area contributed by atoms with Crippen molar-refractivity contribution in [2.45, 2.75) is 68.5 Å². The zero-order valence-corrected chi connectivity index (χ0v) is 24.5. The number of likely N-dealkylation sites (N-methyl/N-ethyl adjacent to an activating group) is 1. The highest BCUT2D eigenvalue weighted by atomic mass is 32.2. The average Bonchev–Trinajstić information content (AvgIpc) is 2.92. The first-order valence-electron chi connectivity index (χ1n) is 14.0. The van der Waals surface area contributed by atoms with E-state index < -0.39 is 11.5 Å². The van der Waals surface area contributed by atoms with Crippen molar-refractivity contribution >= 4 is 28.4 Å². The summed E-state index contributed by atoms with van der Waals surface area (Å²) in [5.41, 5.74) is 6.44. The van der Waals surface area contributed by atoms with Gasteiger partial charge in [0, 0.05) is 23.7 Å². The Balaban J connectivity index is 1.44. The van der Waals surface area contributed by atoms with E-state index in [2.05, 4.69) is 44.2 Å². The second-order valence-corrected chi connectivity index (χ2v) is 12.3.